The summed E-state index contributed by atoms with van der Waals surface area (Å²) in [4.78, 5) is 12.1. The molecule has 1 aromatic carbocycles. The molecule has 1 saturated carbocycles. The number of hydrogen-bond donors (Lipinski definition) is 1. The molecule has 0 unspecified atom stereocenters. The first-order valence-corrected chi connectivity index (χ1v) is 9.39. The maximum absolute atomic E-state index is 12.1. The summed E-state index contributed by atoms with van der Waals surface area (Å²) in [6.07, 6.45) is 2.39. The number of amides is 1. The molecule has 0 aliphatic heterocycles. The van der Waals surface area contributed by atoms with Crippen molar-refractivity contribution in [1.82, 2.24) is 20.1 Å². The molecule has 23 heavy (non-hydrogen) atoms. The average Bonchev–Trinajstić information content (AvgIpc) is 3.30. The first kappa shape index (κ1) is 16.5. The number of thioether (sulfide) groups is 1. The molecular formula is C16H19BrN4OS. The van der Waals surface area contributed by atoms with Crippen molar-refractivity contribution in [1.29, 1.82) is 0 Å². The van der Waals surface area contributed by atoms with Gasteiger partial charge in [-0.25, -0.2) is 0 Å². The second kappa shape index (κ2) is 7.05. The Bertz CT molecular complexity index is 697. The van der Waals surface area contributed by atoms with E-state index < -0.39 is 0 Å². The van der Waals surface area contributed by atoms with Crippen LogP contribution in [0.2, 0.25) is 0 Å². The Kier molecular flexibility index (Phi) is 5.06. The topological polar surface area (TPSA) is 59.8 Å². The zero-order valence-electron chi connectivity index (χ0n) is 13.1. The van der Waals surface area contributed by atoms with Gasteiger partial charge in [-0.15, -0.1) is 10.2 Å². The predicted octanol–water partition coefficient (Wildman–Crippen LogP) is 3.42. The minimum absolute atomic E-state index is 0.00129. The van der Waals surface area contributed by atoms with Crippen molar-refractivity contribution < 1.29 is 4.79 Å². The standard InChI is InChI=1S/C16H19BrN4OS/c1-10(11-5-7-13(17)8-6-11)18-14(22)9-23-16-20-19-15(21(16)2)12-3-4-12/h5-8,10,12H,3-4,9H2,1-2H3,(H,18,22)/t10-/m0/s1. The van der Waals surface area contributed by atoms with E-state index in [9.17, 15) is 4.79 Å². The second-order valence-electron chi connectivity index (χ2n) is 5.80. The molecule has 1 aromatic heterocycles. The van der Waals surface area contributed by atoms with Gasteiger partial charge in [0, 0.05) is 17.4 Å². The van der Waals surface area contributed by atoms with Crippen LogP contribution in [-0.4, -0.2) is 26.4 Å². The normalized spacial score (nSPS) is 15.4. The summed E-state index contributed by atoms with van der Waals surface area (Å²) in [6, 6.07) is 7.95. The monoisotopic (exact) mass is 394 g/mol. The fourth-order valence-electron chi connectivity index (χ4n) is 2.40. The van der Waals surface area contributed by atoms with E-state index in [0.29, 0.717) is 11.7 Å². The summed E-state index contributed by atoms with van der Waals surface area (Å²) < 4.78 is 3.04. The Labute approximate surface area is 148 Å². The van der Waals surface area contributed by atoms with Crippen LogP contribution in [0.15, 0.2) is 33.9 Å². The molecule has 122 valence electrons. The molecule has 7 heteroatoms. The SMILES string of the molecule is C[C@H](NC(=O)CSc1nnc(C2CC2)n1C)c1ccc(Br)cc1. The molecule has 0 saturated heterocycles. The lowest BCUT2D eigenvalue weighted by atomic mass is 10.1. The van der Waals surface area contributed by atoms with E-state index in [-0.39, 0.29) is 11.9 Å². The lowest BCUT2D eigenvalue weighted by molar-refractivity contribution is -0.119. The highest BCUT2D eigenvalue weighted by Crippen LogP contribution is 2.39. The highest BCUT2D eigenvalue weighted by molar-refractivity contribution is 9.10. The minimum Gasteiger partial charge on any atom is -0.349 e. The average molecular weight is 395 g/mol. The lowest BCUT2D eigenvalue weighted by Crippen LogP contribution is -2.28. The Balaban J connectivity index is 1.52. The smallest absolute Gasteiger partial charge is 0.230 e. The number of benzene rings is 1. The number of hydrogen-bond acceptors (Lipinski definition) is 4. The van der Waals surface area contributed by atoms with Gasteiger partial charge in [0.25, 0.3) is 0 Å². The fraction of sp³-hybridized carbons (Fsp3) is 0.438. The highest BCUT2D eigenvalue weighted by Gasteiger charge is 2.29. The number of halogens is 1. The van der Waals surface area contributed by atoms with Crippen LogP contribution in [0.25, 0.3) is 0 Å². The molecule has 2 aromatic rings. The van der Waals surface area contributed by atoms with Gasteiger partial charge in [0.2, 0.25) is 5.91 Å². The van der Waals surface area contributed by atoms with Gasteiger partial charge in [0.05, 0.1) is 11.8 Å². The van der Waals surface area contributed by atoms with Gasteiger partial charge in [-0.3, -0.25) is 4.79 Å². The van der Waals surface area contributed by atoms with E-state index in [1.165, 1.54) is 24.6 Å². The summed E-state index contributed by atoms with van der Waals surface area (Å²) in [5.41, 5.74) is 1.08. The first-order chi connectivity index (χ1) is 11.0. The molecule has 1 atom stereocenters. The third-order valence-corrected chi connectivity index (χ3v) is 5.44. The second-order valence-corrected chi connectivity index (χ2v) is 7.66. The summed E-state index contributed by atoms with van der Waals surface area (Å²) in [7, 11) is 1.97. The van der Waals surface area contributed by atoms with Crippen LogP contribution in [0.4, 0.5) is 0 Å². The van der Waals surface area contributed by atoms with Crippen LogP contribution >= 0.6 is 27.7 Å². The maximum atomic E-state index is 12.1. The molecular weight excluding hydrogens is 376 g/mol. The fourth-order valence-corrected chi connectivity index (χ4v) is 3.39. The van der Waals surface area contributed by atoms with Crippen molar-refractivity contribution in [3.63, 3.8) is 0 Å². The lowest BCUT2D eigenvalue weighted by Gasteiger charge is -2.14. The van der Waals surface area contributed by atoms with Gasteiger partial charge >= 0.3 is 0 Å². The molecule has 1 N–H and O–H groups in total. The van der Waals surface area contributed by atoms with Crippen LogP contribution in [-0.2, 0) is 11.8 Å². The Morgan fingerprint density at radius 1 is 1.39 bits per heavy atom. The minimum atomic E-state index is -0.0160. The first-order valence-electron chi connectivity index (χ1n) is 7.61. The van der Waals surface area contributed by atoms with E-state index >= 15 is 0 Å². The van der Waals surface area contributed by atoms with Gasteiger partial charge in [0.15, 0.2) is 5.16 Å². The van der Waals surface area contributed by atoms with Gasteiger partial charge in [-0.1, -0.05) is 39.8 Å². The van der Waals surface area contributed by atoms with Crippen molar-refractivity contribution in [3.8, 4) is 0 Å². The zero-order chi connectivity index (χ0) is 16.4. The third-order valence-electron chi connectivity index (χ3n) is 3.89. The quantitative estimate of drug-likeness (QED) is 0.762. The number of carbonyl (C=O) groups excluding carboxylic acids is 1. The van der Waals surface area contributed by atoms with Crippen LogP contribution in [0.3, 0.4) is 0 Å². The molecule has 1 amide bonds. The number of carbonyl (C=O) groups is 1. The molecule has 1 heterocycles. The molecule has 1 fully saturated rings. The third kappa shape index (κ3) is 4.14. The van der Waals surface area contributed by atoms with Gasteiger partial charge in [-0.05, 0) is 37.5 Å². The zero-order valence-corrected chi connectivity index (χ0v) is 15.5. The Morgan fingerprint density at radius 2 is 2.09 bits per heavy atom. The molecule has 5 nitrogen and oxygen atoms in total. The van der Waals surface area contributed by atoms with Crippen molar-refractivity contribution in [2.75, 3.05) is 5.75 Å². The summed E-state index contributed by atoms with van der Waals surface area (Å²) in [6.45, 7) is 1.99. The van der Waals surface area contributed by atoms with Crippen LogP contribution < -0.4 is 5.32 Å². The summed E-state index contributed by atoms with van der Waals surface area (Å²) in [5.74, 6) is 1.95. The van der Waals surface area contributed by atoms with Crippen LogP contribution in [0.5, 0.6) is 0 Å². The van der Waals surface area contributed by atoms with Gasteiger partial charge in [-0.2, -0.15) is 0 Å². The molecule has 1 aliphatic carbocycles. The van der Waals surface area contributed by atoms with Gasteiger partial charge in [0.1, 0.15) is 5.82 Å². The van der Waals surface area contributed by atoms with E-state index in [1.54, 1.807) is 0 Å². The molecule has 0 bridgehead atoms. The maximum Gasteiger partial charge on any atom is 0.230 e. The van der Waals surface area contributed by atoms with E-state index in [2.05, 4.69) is 31.4 Å². The van der Waals surface area contributed by atoms with E-state index in [4.69, 9.17) is 0 Å². The molecule has 0 spiro atoms. The number of nitrogens with zero attached hydrogens (tertiary/aromatic N) is 3. The van der Waals surface area contributed by atoms with Crippen LogP contribution in [0, 0.1) is 0 Å². The highest BCUT2D eigenvalue weighted by atomic mass is 79.9. The van der Waals surface area contributed by atoms with Crippen molar-refractivity contribution in [2.24, 2.45) is 7.05 Å². The van der Waals surface area contributed by atoms with Crippen molar-refractivity contribution >= 4 is 33.6 Å². The van der Waals surface area contributed by atoms with Crippen molar-refractivity contribution in [3.05, 3.63) is 40.1 Å². The number of nitrogens with one attached hydrogen (secondary N) is 1. The summed E-state index contributed by atoms with van der Waals surface area (Å²) in [5, 5.41) is 12.2. The predicted molar refractivity (Wildman–Crippen MR) is 94.4 cm³/mol. The summed E-state index contributed by atoms with van der Waals surface area (Å²) >= 11 is 4.84. The number of aromatic nitrogens is 3. The molecule has 0 radical (unpaired) electrons. The van der Waals surface area contributed by atoms with Gasteiger partial charge < -0.3 is 9.88 Å². The largest absolute Gasteiger partial charge is 0.349 e. The Morgan fingerprint density at radius 3 is 2.74 bits per heavy atom. The van der Waals surface area contributed by atoms with E-state index in [1.807, 2.05) is 42.8 Å². The Hall–Kier alpha value is -1.34. The molecule has 1 aliphatic rings. The number of rotatable bonds is 6. The van der Waals surface area contributed by atoms with Crippen molar-refractivity contribution in [2.45, 2.75) is 36.9 Å². The van der Waals surface area contributed by atoms with E-state index in [0.717, 1.165) is 21.0 Å². The van der Waals surface area contributed by atoms with Crippen LogP contribution in [0.1, 0.15) is 43.1 Å². The molecule has 3 rings (SSSR count).